The first-order valence-electron chi connectivity index (χ1n) is 8.87. The van der Waals surface area contributed by atoms with Crippen LogP contribution in [-0.4, -0.2) is 29.5 Å². The van der Waals surface area contributed by atoms with E-state index in [1.54, 1.807) is 25.6 Å². The third-order valence-electron chi connectivity index (χ3n) is 4.24. The fourth-order valence-electron chi connectivity index (χ4n) is 2.90. The first-order valence-corrected chi connectivity index (χ1v) is 9.66. The second kappa shape index (κ2) is 8.89. The van der Waals surface area contributed by atoms with Gasteiger partial charge < -0.3 is 14.5 Å². The molecule has 5 nitrogen and oxygen atoms in total. The summed E-state index contributed by atoms with van der Waals surface area (Å²) in [6.45, 7) is 4.35. The summed E-state index contributed by atoms with van der Waals surface area (Å²) in [5, 5.41) is 0. The molecule has 0 aliphatic heterocycles. The average Bonchev–Trinajstić information content (AvgIpc) is 3.22. The highest BCUT2D eigenvalue weighted by atomic mass is 79.9. The number of benzene rings is 2. The number of imidazole rings is 1. The van der Waals surface area contributed by atoms with Crippen LogP contribution in [0.25, 0.3) is 11.6 Å². The number of hydrogen-bond acceptors (Lipinski definition) is 4. The quantitative estimate of drug-likeness (QED) is 0.399. The Morgan fingerprint density at radius 3 is 2.71 bits per heavy atom. The standard InChI is InChI=1S/C22H21BrN2O3/c1-4-28-21-18(23)12-15(13-19(21)27-3)11-17(22-24-9-10-25-22)20(26)16-8-6-5-7-14(16)2/h5-13H,4H2,1-3H3,(H,24,25)/b17-11-. The zero-order valence-corrected chi connectivity index (χ0v) is 17.5. The largest absolute Gasteiger partial charge is 0.493 e. The molecule has 0 fully saturated rings. The topological polar surface area (TPSA) is 64.2 Å². The molecule has 0 aliphatic rings. The van der Waals surface area contributed by atoms with Gasteiger partial charge in [-0.1, -0.05) is 24.3 Å². The monoisotopic (exact) mass is 440 g/mol. The second-order valence-corrected chi connectivity index (χ2v) is 6.96. The van der Waals surface area contributed by atoms with Gasteiger partial charge in [-0.3, -0.25) is 4.79 Å². The van der Waals surface area contributed by atoms with E-state index in [9.17, 15) is 4.79 Å². The van der Waals surface area contributed by atoms with Gasteiger partial charge in [-0.2, -0.15) is 0 Å². The maximum absolute atomic E-state index is 13.3. The molecule has 0 spiro atoms. The minimum absolute atomic E-state index is 0.1000. The van der Waals surface area contributed by atoms with E-state index in [1.165, 1.54) is 0 Å². The predicted octanol–water partition coefficient (Wildman–Crippen LogP) is 5.31. The molecule has 0 amide bonds. The van der Waals surface area contributed by atoms with Crippen molar-refractivity contribution >= 4 is 33.4 Å². The van der Waals surface area contributed by atoms with Crippen molar-refractivity contribution in [2.45, 2.75) is 13.8 Å². The highest BCUT2D eigenvalue weighted by Gasteiger charge is 2.19. The molecule has 3 aromatic rings. The van der Waals surface area contributed by atoms with E-state index in [0.29, 0.717) is 35.1 Å². The van der Waals surface area contributed by atoms with Crippen LogP contribution in [0.5, 0.6) is 11.5 Å². The van der Waals surface area contributed by atoms with Crippen molar-refractivity contribution in [1.82, 2.24) is 9.97 Å². The molecule has 2 aromatic carbocycles. The van der Waals surface area contributed by atoms with Crippen LogP contribution in [0.4, 0.5) is 0 Å². The first kappa shape index (κ1) is 19.9. The van der Waals surface area contributed by atoms with Crippen LogP contribution in [0.2, 0.25) is 0 Å². The van der Waals surface area contributed by atoms with E-state index in [1.807, 2.05) is 50.2 Å². The van der Waals surface area contributed by atoms with Gasteiger partial charge in [0.1, 0.15) is 5.82 Å². The maximum Gasteiger partial charge on any atom is 0.197 e. The van der Waals surface area contributed by atoms with E-state index >= 15 is 0 Å². The molecule has 0 saturated carbocycles. The predicted molar refractivity (Wildman–Crippen MR) is 114 cm³/mol. The number of halogens is 1. The number of aromatic nitrogens is 2. The minimum atomic E-state index is -0.1000. The Bertz CT molecular complexity index is 1010. The Morgan fingerprint density at radius 2 is 2.07 bits per heavy atom. The molecule has 0 unspecified atom stereocenters. The number of carbonyl (C=O) groups is 1. The number of nitrogens with zero attached hydrogens (tertiary/aromatic N) is 1. The molecule has 1 heterocycles. The number of aromatic amines is 1. The van der Waals surface area contributed by atoms with Crippen molar-refractivity contribution in [1.29, 1.82) is 0 Å². The van der Waals surface area contributed by atoms with Crippen molar-refractivity contribution < 1.29 is 14.3 Å². The van der Waals surface area contributed by atoms with Crippen LogP contribution in [-0.2, 0) is 0 Å². The van der Waals surface area contributed by atoms with Crippen molar-refractivity contribution in [2.75, 3.05) is 13.7 Å². The van der Waals surface area contributed by atoms with Gasteiger partial charge in [-0.25, -0.2) is 4.98 Å². The Hall–Kier alpha value is -2.86. The molecule has 28 heavy (non-hydrogen) atoms. The normalized spacial score (nSPS) is 11.4. The highest BCUT2D eigenvalue weighted by molar-refractivity contribution is 9.10. The first-order chi connectivity index (χ1) is 13.5. The van der Waals surface area contributed by atoms with Gasteiger partial charge in [0.05, 0.1) is 23.8 Å². The van der Waals surface area contributed by atoms with E-state index < -0.39 is 0 Å². The molecule has 0 radical (unpaired) electrons. The summed E-state index contributed by atoms with van der Waals surface area (Å²) in [6, 6.07) is 11.2. The summed E-state index contributed by atoms with van der Waals surface area (Å²) < 4.78 is 11.9. The summed E-state index contributed by atoms with van der Waals surface area (Å²) >= 11 is 3.53. The van der Waals surface area contributed by atoms with Gasteiger partial charge in [0.15, 0.2) is 17.3 Å². The number of Topliss-reactive ketones (excluding diaryl/α,β-unsaturated/α-hetero) is 1. The number of aryl methyl sites for hydroxylation is 1. The zero-order valence-electron chi connectivity index (χ0n) is 16.0. The summed E-state index contributed by atoms with van der Waals surface area (Å²) in [7, 11) is 1.59. The third-order valence-corrected chi connectivity index (χ3v) is 4.83. The summed E-state index contributed by atoms with van der Waals surface area (Å²) in [4.78, 5) is 20.6. The van der Waals surface area contributed by atoms with E-state index in [2.05, 4.69) is 25.9 Å². The summed E-state index contributed by atoms with van der Waals surface area (Å²) in [6.07, 6.45) is 5.13. The third kappa shape index (κ3) is 4.17. The number of methoxy groups -OCH3 is 1. The van der Waals surface area contributed by atoms with Crippen LogP contribution < -0.4 is 9.47 Å². The molecule has 0 saturated heterocycles. The number of hydrogen-bond donors (Lipinski definition) is 1. The van der Waals surface area contributed by atoms with Crippen LogP contribution >= 0.6 is 15.9 Å². The van der Waals surface area contributed by atoms with Crippen LogP contribution in [0.3, 0.4) is 0 Å². The maximum atomic E-state index is 13.3. The van der Waals surface area contributed by atoms with Gasteiger partial charge >= 0.3 is 0 Å². The van der Waals surface area contributed by atoms with Gasteiger partial charge in [-0.05, 0) is 59.1 Å². The fourth-order valence-corrected chi connectivity index (χ4v) is 3.48. The number of ketones is 1. The molecule has 1 aromatic heterocycles. The minimum Gasteiger partial charge on any atom is -0.493 e. The Balaban J connectivity index is 2.12. The molecular weight excluding hydrogens is 420 g/mol. The number of rotatable bonds is 7. The number of nitrogens with one attached hydrogen (secondary N) is 1. The lowest BCUT2D eigenvalue weighted by Gasteiger charge is -2.13. The number of ether oxygens (including phenoxy) is 2. The number of H-pyrrole nitrogens is 1. The van der Waals surface area contributed by atoms with Crippen molar-refractivity contribution in [3.05, 3.63) is 75.8 Å². The van der Waals surface area contributed by atoms with Crippen LogP contribution in [0.1, 0.15) is 34.2 Å². The lowest BCUT2D eigenvalue weighted by molar-refractivity contribution is 0.105. The van der Waals surface area contributed by atoms with Crippen LogP contribution in [0.15, 0.2) is 53.3 Å². The number of carbonyl (C=O) groups excluding carboxylic acids is 1. The van der Waals surface area contributed by atoms with Gasteiger partial charge in [0, 0.05) is 18.0 Å². The Kier molecular flexibility index (Phi) is 6.31. The smallest absolute Gasteiger partial charge is 0.197 e. The molecule has 0 aliphatic carbocycles. The van der Waals surface area contributed by atoms with Gasteiger partial charge in [-0.15, -0.1) is 0 Å². The summed E-state index contributed by atoms with van der Waals surface area (Å²) in [5.74, 6) is 1.63. The van der Waals surface area contributed by atoms with Crippen molar-refractivity contribution in [2.24, 2.45) is 0 Å². The summed E-state index contributed by atoms with van der Waals surface area (Å²) in [5.41, 5.74) is 2.82. The number of allylic oxidation sites excluding steroid dienone is 1. The van der Waals surface area contributed by atoms with E-state index in [-0.39, 0.29) is 5.78 Å². The lowest BCUT2D eigenvalue weighted by atomic mass is 9.97. The fraction of sp³-hybridized carbons (Fsp3) is 0.182. The second-order valence-electron chi connectivity index (χ2n) is 6.11. The van der Waals surface area contributed by atoms with E-state index in [0.717, 1.165) is 15.6 Å². The molecule has 1 N–H and O–H groups in total. The van der Waals surface area contributed by atoms with Gasteiger partial charge in [0.2, 0.25) is 0 Å². The molecule has 0 bridgehead atoms. The highest BCUT2D eigenvalue weighted by Crippen LogP contribution is 2.37. The van der Waals surface area contributed by atoms with E-state index in [4.69, 9.17) is 9.47 Å². The molecule has 3 rings (SSSR count). The molecular formula is C22H21BrN2O3. The lowest BCUT2D eigenvalue weighted by Crippen LogP contribution is -2.06. The molecule has 144 valence electrons. The molecule has 6 heteroatoms. The van der Waals surface area contributed by atoms with Crippen molar-refractivity contribution in [3.63, 3.8) is 0 Å². The van der Waals surface area contributed by atoms with Gasteiger partial charge in [0.25, 0.3) is 0 Å². The SMILES string of the molecule is CCOc1c(Br)cc(/C=C(/C(=O)c2ccccc2C)c2ncc[nH]2)cc1OC. The molecule has 0 atom stereocenters. The average molecular weight is 441 g/mol. The Labute approximate surface area is 172 Å². The van der Waals surface area contributed by atoms with Crippen LogP contribution in [0, 0.1) is 6.92 Å². The van der Waals surface area contributed by atoms with Crippen molar-refractivity contribution in [3.8, 4) is 11.5 Å². The zero-order chi connectivity index (χ0) is 20.1. The Morgan fingerprint density at radius 1 is 1.29 bits per heavy atom.